The number of methoxy groups -OCH3 is 1. The Morgan fingerprint density at radius 3 is 3.00 bits per heavy atom. The van der Waals surface area contributed by atoms with Crippen molar-refractivity contribution in [2.45, 2.75) is 12.1 Å². The fourth-order valence-corrected chi connectivity index (χ4v) is 2.39. The maximum absolute atomic E-state index is 11.0. The standard InChI is InChI=1S/C11H14BrN3O3/c1-18-11-6-13-5-9(11)14-8-4-7(12)2-3-10(8)15(16)17/h2-4,9,11,13-14H,5-6H2,1H3/t9?,11-/m0/s1. The number of nitrogens with one attached hydrogen (secondary N) is 2. The molecule has 1 saturated heterocycles. The van der Waals surface area contributed by atoms with Crippen LogP contribution in [0.25, 0.3) is 0 Å². The van der Waals surface area contributed by atoms with E-state index < -0.39 is 0 Å². The first-order valence-electron chi connectivity index (χ1n) is 5.56. The average molecular weight is 316 g/mol. The smallest absolute Gasteiger partial charge is 0.292 e. The van der Waals surface area contributed by atoms with Crippen LogP contribution in [-0.2, 0) is 4.74 Å². The van der Waals surface area contributed by atoms with Crippen LogP contribution in [0.1, 0.15) is 0 Å². The summed E-state index contributed by atoms with van der Waals surface area (Å²) in [7, 11) is 1.64. The summed E-state index contributed by atoms with van der Waals surface area (Å²) in [6, 6.07) is 4.88. The zero-order valence-corrected chi connectivity index (χ0v) is 11.4. The van der Waals surface area contributed by atoms with E-state index in [4.69, 9.17) is 4.74 Å². The molecule has 7 heteroatoms. The van der Waals surface area contributed by atoms with Gasteiger partial charge in [-0.05, 0) is 12.1 Å². The molecule has 1 aromatic rings. The molecule has 2 atom stereocenters. The summed E-state index contributed by atoms with van der Waals surface area (Å²) < 4.78 is 6.12. The van der Waals surface area contributed by atoms with Gasteiger partial charge in [0.15, 0.2) is 0 Å². The number of nitro groups is 1. The van der Waals surface area contributed by atoms with E-state index in [0.29, 0.717) is 5.69 Å². The summed E-state index contributed by atoms with van der Waals surface area (Å²) in [6.07, 6.45) is 0.0172. The highest BCUT2D eigenvalue weighted by atomic mass is 79.9. The number of hydrogen-bond acceptors (Lipinski definition) is 5. The number of anilines is 1. The number of nitrogens with zero attached hydrogens (tertiary/aromatic N) is 1. The Morgan fingerprint density at radius 2 is 2.33 bits per heavy atom. The van der Waals surface area contributed by atoms with Gasteiger partial charge >= 0.3 is 0 Å². The molecule has 1 aromatic carbocycles. The van der Waals surface area contributed by atoms with E-state index in [9.17, 15) is 10.1 Å². The molecule has 0 aromatic heterocycles. The van der Waals surface area contributed by atoms with E-state index in [-0.39, 0.29) is 22.8 Å². The Hall–Kier alpha value is -1.18. The molecule has 0 bridgehead atoms. The van der Waals surface area contributed by atoms with Crippen molar-refractivity contribution in [2.75, 3.05) is 25.5 Å². The molecule has 0 saturated carbocycles. The summed E-state index contributed by atoms with van der Waals surface area (Å²) in [6.45, 7) is 1.47. The molecular formula is C11H14BrN3O3. The van der Waals surface area contributed by atoms with Gasteiger partial charge in [0.2, 0.25) is 0 Å². The van der Waals surface area contributed by atoms with Crippen LogP contribution in [0.2, 0.25) is 0 Å². The first-order chi connectivity index (χ1) is 8.61. The van der Waals surface area contributed by atoms with Crippen LogP contribution in [0.15, 0.2) is 22.7 Å². The van der Waals surface area contributed by atoms with Gasteiger partial charge in [-0.1, -0.05) is 15.9 Å². The SMILES string of the molecule is CO[C@H]1CNCC1Nc1cc(Br)ccc1[N+](=O)[O-]. The quantitative estimate of drug-likeness (QED) is 0.654. The lowest BCUT2D eigenvalue weighted by Crippen LogP contribution is -2.33. The number of halogens is 1. The Morgan fingerprint density at radius 1 is 1.56 bits per heavy atom. The molecule has 2 rings (SSSR count). The second kappa shape index (κ2) is 5.64. The van der Waals surface area contributed by atoms with Crippen LogP contribution in [0.5, 0.6) is 0 Å². The highest BCUT2D eigenvalue weighted by molar-refractivity contribution is 9.10. The molecular weight excluding hydrogens is 302 g/mol. The van der Waals surface area contributed by atoms with E-state index in [1.807, 2.05) is 0 Å². The molecule has 1 heterocycles. The highest BCUT2D eigenvalue weighted by Crippen LogP contribution is 2.29. The molecule has 1 aliphatic heterocycles. The zero-order chi connectivity index (χ0) is 13.1. The van der Waals surface area contributed by atoms with Gasteiger partial charge in [0.05, 0.1) is 17.1 Å². The summed E-state index contributed by atoms with van der Waals surface area (Å²) in [5.74, 6) is 0. The molecule has 1 unspecified atom stereocenters. The molecule has 0 radical (unpaired) electrons. The number of rotatable bonds is 4. The Labute approximate surface area is 113 Å². The van der Waals surface area contributed by atoms with Gasteiger partial charge in [0.25, 0.3) is 5.69 Å². The van der Waals surface area contributed by atoms with E-state index in [2.05, 4.69) is 26.6 Å². The maximum atomic E-state index is 11.0. The first-order valence-corrected chi connectivity index (χ1v) is 6.35. The molecule has 2 N–H and O–H groups in total. The lowest BCUT2D eigenvalue weighted by Gasteiger charge is -2.19. The third-order valence-electron chi connectivity index (χ3n) is 2.96. The van der Waals surface area contributed by atoms with E-state index in [1.165, 1.54) is 6.07 Å². The van der Waals surface area contributed by atoms with Crippen LogP contribution in [0.4, 0.5) is 11.4 Å². The molecule has 98 valence electrons. The van der Waals surface area contributed by atoms with Crippen molar-refractivity contribution in [1.82, 2.24) is 5.32 Å². The van der Waals surface area contributed by atoms with Gasteiger partial charge in [-0.15, -0.1) is 0 Å². The van der Waals surface area contributed by atoms with Crippen molar-refractivity contribution < 1.29 is 9.66 Å². The Kier molecular flexibility index (Phi) is 4.15. The lowest BCUT2D eigenvalue weighted by molar-refractivity contribution is -0.384. The summed E-state index contributed by atoms with van der Waals surface area (Å²) in [4.78, 5) is 10.6. The molecule has 0 amide bonds. The third-order valence-corrected chi connectivity index (χ3v) is 3.45. The maximum Gasteiger partial charge on any atom is 0.292 e. The lowest BCUT2D eigenvalue weighted by atomic mass is 10.2. The van der Waals surface area contributed by atoms with Gasteiger partial charge < -0.3 is 15.4 Å². The van der Waals surface area contributed by atoms with Crippen LogP contribution in [-0.4, -0.2) is 37.3 Å². The Bertz CT molecular complexity index is 455. The van der Waals surface area contributed by atoms with Gasteiger partial charge in [0.1, 0.15) is 5.69 Å². The van der Waals surface area contributed by atoms with Crippen molar-refractivity contribution in [3.8, 4) is 0 Å². The highest BCUT2D eigenvalue weighted by Gasteiger charge is 2.28. The monoisotopic (exact) mass is 315 g/mol. The van der Waals surface area contributed by atoms with Crippen molar-refractivity contribution in [3.05, 3.63) is 32.8 Å². The molecule has 0 spiro atoms. The fourth-order valence-electron chi connectivity index (χ4n) is 2.03. The normalized spacial score (nSPS) is 23.0. The minimum absolute atomic E-state index is 0.0172. The topological polar surface area (TPSA) is 76.4 Å². The number of hydrogen-bond donors (Lipinski definition) is 2. The van der Waals surface area contributed by atoms with Crippen LogP contribution in [0, 0.1) is 10.1 Å². The van der Waals surface area contributed by atoms with Crippen LogP contribution in [0.3, 0.4) is 0 Å². The first kappa shape index (κ1) is 13.3. The zero-order valence-electron chi connectivity index (χ0n) is 9.85. The van der Waals surface area contributed by atoms with Gasteiger partial charge in [0, 0.05) is 30.7 Å². The molecule has 0 aliphatic carbocycles. The van der Waals surface area contributed by atoms with E-state index >= 15 is 0 Å². The van der Waals surface area contributed by atoms with Gasteiger partial charge in [-0.3, -0.25) is 10.1 Å². The van der Waals surface area contributed by atoms with Crippen molar-refractivity contribution in [2.24, 2.45) is 0 Å². The van der Waals surface area contributed by atoms with E-state index in [1.54, 1.807) is 19.2 Å². The van der Waals surface area contributed by atoms with Crippen LogP contribution >= 0.6 is 15.9 Å². The molecule has 1 fully saturated rings. The number of benzene rings is 1. The second-order valence-corrected chi connectivity index (χ2v) is 5.02. The summed E-state index contributed by atoms with van der Waals surface area (Å²) >= 11 is 3.32. The predicted molar refractivity (Wildman–Crippen MR) is 71.9 cm³/mol. The second-order valence-electron chi connectivity index (χ2n) is 4.10. The Balaban J connectivity index is 2.22. The molecule has 1 aliphatic rings. The third kappa shape index (κ3) is 2.80. The minimum Gasteiger partial charge on any atom is -0.378 e. The predicted octanol–water partition coefficient (Wildman–Crippen LogP) is 1.76. The summed E-state index contributed by atoms with van der Waals surface area (Å²) in [5.41, 5.74) is 0.574. The molecule has 6 nitrogen and oxygen atoms in total. The number of ether oxygens (including phenoxy) is 1. The van der Waals surface area contributed by atoms with Crippen molar-refractivity contribution in [1.29, 1.82) is 0 Å². The van der Waals surface area contributed by atoms with Gasteiger partial charge in [-0.25, -0.2) is 0 Å². The van der Waals surface area contributed by atoms with E-state index in [0.717, 1.165) is 17.6 Å². The number of nitro benzene ring substituents is 1. The largest absolute Gasteiger partial charge is 0.378 e. The molecule has 18 heavy (non-hydrogen) atoms. The summed E-state index contributed by atoms with van der Waals surface area (Å²) in [5, 5.41) is 17.3. The van der Waals surface area contributed by atoms with Crippen molar-refractivity contribution >= 4 is 27.3 Å². The minimum atomic E-state index is -0.390. The van der Waals surface area contributed by atoms with Crippen molar-refractivity contribution in [3.63, 3.8) is 0 Å². The average Bonchev–Trinajstić information content (AvgIpc) is 2.76. The fraction of sp³-hybridized carbons (Fsp3) is 0.455. The van der Waals surface area contributed by atoms with Gasteiger partial charge in [-0.2, -0.15) is 0 Å². The van der Waals surface area contributed by atoms with Crippen LogP contribution < -0.4 is 10.6 Å².